The number of aromatic nitrogens is 1. The van der Waals surface area contributed by atoms with Crippen LogP contribution in [0.3, 0.4) is 0 Å². The number of anilines is 2. The number of carboxylic acid groups (broad SMARTS) is 1. The quantitative estimate of drug-likeness (QED) is 0.828. The first-order chi connectivity index (χ1) is 8.65. The van der Waals surface area contributed by atoms with Crippen LogP contribution in [0.5, 0.6) is 0 Å². The minimum atomic E-state index is -1.00. The predicted molar refractivity (Wildman–Crippen MR) is 68.7 cm³/mol. The van der Waals surface area contributed by atoms with Gasteiger partial charge in [0.1, 0.15) is 0 Å². The Morgan fingerprint density at radius 1 is 1.39 bits per heavy atom. The SMILES string of the molecule is Nc1ccc(C(=O)O)nc1N(CC1CC1)C1CC1. The van der Waals surface area contributed by atoms with Crippen molar-refractivity contribution in [3.63, 3.8) is 0 Å². The van der Waals surface area contributed by atoms with Crippen molar-refractivity contribution in [2.24, 2.45) is 5.92 Å². The first-order valence-corrected chi connectivity index (χ1v) is 6.41. The van der Waals surface area contributed by atoms with Gasteiger partial charge in [-0.2, -0.15) is 0 Å². The van der Waals surface area contributed by atoms with E-state index in [-0.39, 0.29) is 5.69 Å². The summed E-state index contributed by atoms with van der Waals surface area (Å²) in [6.07, 6.45) is 4.85. The van der Waals surface area contributed by atoms with Crippen LogP contribution in [0.4, 0.5) is 11.5 Å². The normalized spacial score (nSPS) is 18.7. The van der Waals surface area contributed by atoms with Crippen LogP contribution >= 0.6 is 0 Å². The highest BCUT2D eigenvalue weighted by molar-refractivity contribution is 5.87. The monoisotopic (exact) mass is 247 g/mol. The number of carbonyl (C=O) groups is 1. The molecule has 0 amide bonds. The Morgan fingerprint density at radius 3 is 2.67 bits per heavy atom. The fourth-order valence-corrected chi connectivity index (χ4v) is 2.18. The number of hydrogen-bond acceptors (Lipinski definition) is 4. The molecule has 1 aromatic heterocycles. The molecule has 5 nitrogen and oxygen atoms in total. The van der Waals surface area contributed by atoms with E-state index in [1.54, 1.807) is 6.07 Å². The molecular formula is C13H17N3O2. The van der Waals surface area contributed by atoms with Crippen LogP contribution < -0.4 is 10.6 Å². The fraction of sp³-hybridized carbons (Fsp3) is 0.538. The van der Waals surface area contributed by atoms with Crippen LogP contribution in [0.2, 0.25) is 0 Å². The lowest BCUT2D eigenvalue weighted by molar-refractivity contribution is 0.0690. The fourth-order valence-electron chi connectivity index (χ4n) is 2.18. The molecule has 0 saturated heterocycles. The van der Waals surface area contributed by atoms with Gasteiger partial charge in [0.15, 0.2) is 11.5 Å². The summed E-state index contributed by atoms with van der Waals surface area (Å²) in [6.45, 7) is 0.963. The maximum absolute atomic E-state index is 11.0. The lowest BCUT2D eigenvalue weighted by atomic mass is 10.2. The molecule has 0 spiro atoms. The standard InChI is InChI=1S/C13H17N3O2/c14-10-5-6-11(13(17)18)15-12(10)16(9-3-4-9)7-8-1-2-8/h5-6,8-9H,1-4,7,14H2,(H,17,18). The summed E-state index contributed by atoms with van der Waals surface area (Å²) in [5.41, 5.74) is 6.60. The molecule has 0 aromatic carbocycles. The van der Waals surface area contributed by atoms with E-state index in [4.69, 9.17) is 10.8 Å². The maximum Gasteiger partial charge on any atom is 0.354 e. The van der Waals surface area contributed by atoms with Gasteiger partial charge >= 0.3 is 5.97 Å². The molecule has 2 aliphatic rings. The number of carboxylic acids is 1. The summed E-state index contributed by atoms with van der Waals surface area (Å²) in [6, 6.07) is 3.61. The number of aromatic carboxylic acids is 1. The van der Waals surface area contributed by atoms with Crippen molar-refractivity contribution in [2.75, 3.05) is 17.2 Å². The van der Waals surface area contributed by atoms with Crippen LogP contribution in [-0.4, -0.2) is 28.6 Å². The molecule has 5 heteroatoms. The Kier molecular flexibility index (Phi) is 2.61. The number of nitrogen functional groups attached to an aromatic ring is 1. The highest BCUT2D eigenvalue weighted by Gasteiger charge is 2.35. The zero-order valence-corrected chi connectivity index (χ0v) is 10.2. The molecule has 0 unspecified atom stereocenters. The van der Waals surface area contributed by atoms with Crippen LogP contribution in [-0.2, 0) is 0 Å². The molecule has 0 bridgehead atoms. The van der Waals surface area contributed by atoms with Gasteiger partial charge in [0.2, 0.25) is 0 Å². The van der Waals surface area contributed by atoms with Gasteiger partial charge in [-0.25, -0.2) is 9.78 Å². The molecule has 1 heterocycles. The van der Waals surface area contributed by atoms with Crippen molar-refractivity contribution in [1.29, 1.82) is 0 Å². The third kappa shape index (κ3) is 2.25. The first kappa shape index (κ1) is 11.3. The molecule has 2 aliphatic carbocycles. The van der Waals surface area contributed by atoms with Gasteiger partial charge in [-0.1, -0.05) is 0 Å². The second-order valence-electron chi connectivity index (χ2n) is 5.24. The first-order valence-electron chi connectivity index (χ1n) is 6.41. The van der Waals surface area contributed by atoms with E-state index in [2.05, 4.69) is 9.88 Å². The number of pyridine rings is 1. The molecule has 96 valence electrons. The molecule has 3 rings (SSSR count). The number of nitrogens with zero attached hydrogens (tertiary/aromatic N) is 2. The highest BCUT2D eigenvalue weighted by Crippen LogP contribution is 2.38. The topological polar surface area (TPSA) is 79.5 Å². The Morgan fingerprint density at radius 2 is 2.11 bits per heavy atom. The van der Waals surface area contributed by atoms with Crippen molar-refractivity contribution in [3.05, 3.63) is 17.8 Å². The molecule has 2 fully saturated rings. The second-order valence-corrected chi connectivity index (χ2v) is 5.24. The van der Waals surface area contributed by atoms with Gasteiger partial charge in [0.05, 0.1) is 5.69 Å². The van der Waals surface area contributed by atoms with Crippen molar-refractivity contribution in [2.45, 2.75) is 31.7 Å². The van der Waals surface area contributed by atoms with E-state index < -0.39 is 5.97 Å². The van der Waals surface area contributed by atoms with Crippen molar-refractivity contribution >= 4 is 17.5 Å². The molecule has 0 radical (unpaired) electrons. The van der Waals surface area contributed by atoms with Gasteiger partial charge in [-0.05, 0) is 43.7 Å². The van der Waals surface area contributed by atoms with Crippen LogP contribution in [0.25, 0.3) is 0 Å². The second kappa shape index (κ2) is 4.15. The van der Waals surface area contributed by atoms with E-state index in [0.29, 0.717) is 17.5 Å². The third-order valence-corrected chi connectivity index (χ3v) is 3.54. The van der Waals surface area contributed by atoms with E-state index in [0.717, 1.165) is 25.3 Å². The van der Waals surface area contributed by atoms with Gasteiger partial charge in [0.25, 0.3) is 0 Å². The minimum Gasteiger partial charge on any atom is -0.477 e. The van der Waals surface area contributed by atoms with Gasteiger partial charge in [0, 0.05) is 12.6 Å². The summed E-state index contributed by atoms with van der Waals surface area (Å²) in [7, 11) is 0. The largest absolute Gasteiger partial charge is 0.477 e. The van der Waals surface area contributed by atoms with Gasteiger partial charge < -0.3 is 15.7 Å². The van der Waals surface area contributed by atoms with Crippen molar-refractivity contribution < 1.29 is 9.90 Å². The lowest BCUT2D eigenvalue weighted by Crippen LogP contribution is -2.30. The summed E-state index contributed by atoms with van der Waals surface area (Å²) >= 11 is 0. The smallest absolute Gasteiger partial charge is 0.354 e. The highest BCUT2D eigenvalue weighted by atomic mass is 16.4. The van der Waals surface area contributed by atoms with E-state index in [1.807, 2.05) is 0 Å². The molecule has 3 N–H and O–H groups in total. The number of rotatable bonds is 5. The van der Waals surface area contributed by atoms with E-state index >= 15 is 0 Å². The summed E-state index contributed by atoms with van der Waals surface area (Å²) < 4.78 is 0. The van der Waals surface area contributed by atoms with E-state index in [1.165, 1.54) is 18.9 Å². The third-order valence-electron chi connectivity index (χ3n) is 3.54. The molecule has 2 saturated carbocycles. The summed E-state index contributed by atoms with van der Waals surface area (Å²) in [5.74, 6) is 0.392. The molecule has 0 atom stereocenters. The Balaban J connectivity index is 1.90. The summed E-state index contributed by atoms with van der Waals surface area (Å²) in [5, 5.41) is 9.01. The minimum absolute atomic E-state index is 0.0700. The molecule has 0 aliphatic heterocycles. The average molecular weight is 247 g/mol. The Bertz CT molecular complexity index is 481. The summed E-state index contributed by atoms with van der Waals surface area (Å²) in [4.78, 5) is 17.4. The van der Waals surface area contributed by atoms with Crippen LogP contribution in [0.15, 0.2) is 12.1 Å². The number of hydrogen-bond donors (Lipinski definition) is 2. The Hall–Kier alpha value is -1.78. The molecule has 18 heavy (non-hydrogen) atoms. The predicted octanol–water partition coefficient (Wildman–Crippen LogP) is 1.74. The van der Waals surface area contributed by atoms with Crippen LogP contribution in [0, 0.1) is 5.92 Å². The lowest BCUT2D eigenvalue weighted by Gasteiger charge is -2.25. The zero-order chi connectivity index (χ0) is 12.7. The van der Waals surface area contributed by atoms with Gasteiger partial charge in [-0.3, -0.25) is 0 Å². The van der Waals surface area contributed by atoms with Crippen molar-refractivity contribution in [3.8, 4) is 0 Å². The van der Waals surface area contributed by atoms with Gasteiger partial charge in [-0.15, -0.1) is 0 Å². The number of nitrogens with two attached hydrogens (primary N) is 1. The molecule has 1 aromatic rings. The van der Waals surface area contributed by atoms with Crippen LogP contribution in [0.1, 0.15) is 36.2 Å². The average Bonchev–Trinajstić information content (AvgIpc) is 3.20. The zero-order valence-electron chi connectivity index (χ0n) is 10.2. The Labute approximate surface area is 106 Å². The van der Waals surface area contributed by atoms with Crippen molar-refractivity contribution in [1.82, 2.24) is 4.98 Å². The maximum atomic E-state index is 11.0. The molecular weight excluding hydrogens is 230 g/mol. The van der Waals surface area contributed by atoms with E-state index in [9.17, 15) is 4.79 Å².